The zero-order valence-corrected chi connectivity index (χ0v) is 25.7. The maximum absolute atomic E-state index is 14.1. The summed E-state index contributed by atoms with van der Waals surface area (Å²) in [5, 5.41) is 3.13. The lowest BCUT2D eigenvalue weighted by atomic mass is 9.95. The zero-order valence-electron chi connectivity index (χ0n) is 24.9. The Morgan fingerprint density at radius 2 is 1.55 bits per heavy atom. The molecule has 1 saturated carbocycles. The van der Waals surface area contributed by atoms with Crippen LogP contribution in [0.2, 0.25) is 0 Å². The molecule has 42 heavy (non-hydrogen) atoms. The Balaban J connectivity index is 1.68. The number of benzene rings is 3. The van der Waals surface area contributed by atoms with Crippen LogP contribution in [0.15, 0.2) is 77.7 Å². The smallest absolute Gasteiger partial charge is 0.264 e. The maximum atomic E-state index is 14.1. The number of rotatable bonds is 11. The molecule has 1 aliphatic rings. The molecule has 1 fully saturated rings. The summed E-state index contributed by atoms with van der Waals surface area (Å²) in [5.74, 6) is -0.266. The van der Waals surface area contributed by atoms with E-state index in [0.29, 0.717) is 5.75 Å². The second kappa shape index (κ2) is 13.9. The first kappa shape index (κ1) is 31.1. The van der Waals surface area contributed by atoms with E-state index in [0.717, 1.165) is 53.1 Å². The third-order valence-corrected chi connectivity index (χ3v) is 9.61. The van der Waals surface area contributed by atoms with Crippen molar-refractivity contribution in [1.82, 2.24) is 10.2 Å². The van der Waals surface area contributed by atoms with Crippen LogP contribution in [0.3, 0.4) is 0 Å². The Labute approximate surface area is 249 Å². The van der Waals surface area contributed by atoms with Gasteiger partial charge in [-0.15, -0.1) is 0 Å². The molecule has 0 aliphatic heterocycles. The van der Waals surface area contributed by atoms with Crippen molar-refractivity contribution in [3.63, 3.8) is 0 Å². The molecule has 9 heteroatoms. The molecular weight excluding hydrogens is 550 g/mol. The third kappa shape index (κ3) is 7.70. The number of anilines is 1. The molecule has 0 saturated heterocycles. The van der Waals surface area contributed by atoms with E-state index in [1.807, 2.05) is 38.1 Å². The van der Waals surface area contributed by atoms with Crippen LogP contribution in [0.5, 0.6) is 5.75 Å². The van der Waals surface area contributed by atoms with Gasteiger partial charge in [0.1, 0.15) is 18.3 Å². The zero-order chi connectivity index (χ0) is 30.3. The van der Waals surface area contributed by atoms with Gasteiger partial charge in [-0.1, -0.05) is 72.9 Å². The van der Waals surface area contributed by atoms with Gasteiger partial charge in [0.25, 0.3) is 10.0 Å². The lowest BCUT2D eigenvalue weighted by Gasteiger charge is -2.33. The van der Waals surface area contributed by atoms with E-state index >= 15 is 0 Å². The molecule has 3 aromatic rings. The summed E-state index contributed by atoms with van der Waals surface area (Å²) in [6, 6.07) is 20.1. The maximum Gasteiger partial charge on any atom is 0.264 e. The molecule has 0 bridgehead atoms. The number of carbonyl (C=O) groups is 2. The molecule has 1 aliphatic carbocycles. The average Bonchev–Trinajstić information content (AvgIpc) is 2.99. The van der Waals surface area contributed by atoms with E-state index in [-0.39, 0.29) is 29.1 Å². The minimum absolute atomic E-state index is 0.0666. The molecule has 0 spiro atoms. The molecule has 0 radical (unpaired) electrons. The molecule has 0 heterocycles. The standard InChI is InChI=1S/C33H41N3O5S/c1-24-13-17-27(18-14-24)22-35(26(3)33(38)34-28-9-6-5-7-10-28)32(37)23-36(29-11-8-12-30(21-29)41-4)42(39,40)31-19-15-25(2)16-20-31/h8,11-21,26,28H,5-7,9-10,22-23H2,1-4H3,(H,34,38). The average molecular weight is 592 g/mol. The summed E-state index contributed by atoms with van der Waals surface area (Å²) < 4.78 is 34.4. The quantitative estimate of drug-likeness (QED) is 0.323. The number of sulfonamides is 1. The lowest BCUT2D eigenvalue weighted by Crippen LogP contribution is -2.53. The van der Waals surface area contributed by atoms with Gasteiger partial charge in [-0.3, -0.25) is 13.9 Å². The first-order valence-electron chi connectivity index (χ1n) is 14.5. The van der Waals surface area contributed by atoms with Gasteiger partial charge in [-0.2, -0.15) is 0 Å². The molecule has 1 N–H and O–H groups in total. The molecule has 1 atom stereocenters. The number of amides is 2. The number of nitrogens with zero attached hydrogens (tertiary/aromatic N) is 2. The highest BCUT2D eigenvalue weighted by atomic mass is 32.2. The van der Waals surface area contributed by atoms with Crippen molar-refractivity contribution in [2.24, 2.45) is 0 Å². The predicted octanol–water partition coefficient (Wildman–Crippen LogP) is 5.37. The number of carbonyl (C=O) groups excluding carboxylic acids is 2. The highest BCUT2D eigenvalue weighted by Gasteiger charge is 2.33. The van der Waals surface area contributed by atoms with E-state index in [4.69, 9.17) is 4.74 Å². The van der Waals surface area contributed by atoms with Crippen LogP contribution in [0.1, 0.15) is 55.7 Å². The van der Waals surface area contributed by atoms with Crippen molar-refractivity contribution < 1.29 is 22.7 Å². The Hall–Kier alpha value is -3.85. The van der Waals surface area contributed by atoms with Gasteiger partial charge in [0.05, 0.1) is 17.7 Å². The van der Waals surface area contributed by atoms with Crippen LogP contribution < -0.4 is 14.4 Å². The van der Waals surface area contributed by atoms with Gasteiger partial charge in [0, 0.05) is 18.7 Å². The first-order valence-corrected chi connectivity index (χ1v) is 15.9. The number of methoxy groups -OCH3 is 1. The Morgan fingerprint density at radius 3 is 2.17 bits per heavy atom. The van der Waals surface area contributed by atoms with Gasteiger partial charge in [-0.05, 0) is 63.4 Å². The Kier molecular flexibility index (Phi) is 10.3. The molecule has 4 rings (SSSR count). The van der Waals surface area contributed by atoms with Crippen LogP contribution >= 0.6 is 0 Å². The van der Waals surface area contributed by atoms with Gasteiger partial charge in [-0.25, -0.2) is 8.42 Å². The van der Waals surface area contributed by atoms with E-state index in [1.54, 1.807) is 43.3 Å². The van der Waals surface area contributed by atoms with Crippen molar-refractivity contribution in [3.05, 3.63) is 89.5 Å². The second-order valence-corrected chi connectivity index (χ2v) is 12.9. The minimum Gasteiger partial charge on any atom is -0.497 e. The minimum atomic E-state index is -4.14. The monoisotopic (exact) mass is 591 g/mol. The van der Waals surface area contributed by atoms with Crippen LogP contribution in [-0.4, -0.2) is 50.9 Å². The molecule has 8 nitrogen and oxygen atoms in total. The summed E-state index contributed by atoms with van der Waals surface area (Å²) in [6.45, 7) is 5.23. The van der Waals surface area contributed by atoms with Crippen LogP contribution in [0, 0.1) is 13.8 Å². The topological polar surface area (TPSA) is 96.0 Å². The summed E-state index contributed by atoms with van der Waals surface area (Å²) >= 11 is 0. The fourth-order valence-electron chi connectivity index (χ4n) is 5.17. The molecule has 224 valence electrons. The summed E-state index contributed by atoms with van der Waals surface area (Å²) in [4.78, 5) is 29.1. The van der Waals surface area contributed by atoms with Gasteiger partial charge < -0.3 is 15.0 Å². The van der Waals surface area contributed by atoms with E-state index < -0.39 is 28.5 Å². The summed E-state index contributed by atoms with van der Waals surface area (Å²) in [6.07, 6.45) is 5.14. The highest BCUT2D eigenvalue weighted by molar-refractivity contribution is 7.92. The van der Waals surface area contributed by atoms with E-state index in [2.05, 4.69) is 5.32 Å². The number of ether oxygens (including phenoxy) is 1. The molecule has 0 aromatic heterocycles. The van der Waals surface area contributed by atoms with E-state index in [1.165, 1.54) is 24.1 Å². The van der Waals surface area contributed by atoms with Crippen LogP contribution in [0.4, 0.5) is 5.69 Å². The summed E-state index contributed by atoms with van der Waals surface area (Å²) in [5.41, 5.74) is 3.13. The lowest BCUT2D eigenvalue weighted by molar-refractivity contribution is -0.139. The second-order valence-electron chi connectivity index (χ2n) is 11.1. The third-order valence-electron chi connectivity index (χ3n) is 7.82. The van der Waals surface area contributed by atoms with Gasteiger partial charge >= 0.3 is 0 Å². The molecule has 2 amide bonds. The number of hydrogen-bond acceptors (Lipinski definition) is 5. The Bertz CT molecular complexity index is 1470. The fourth-order valence-corrected chi connectivity index (χ4v) is 6.58. The Morgan fingerprint density at radius 1 is 0.929 bits per heavy atom. The SMILES string of the molecule is COc1cccc(N(CC(=O)N(Cc2ccc(C)cc2)C(C)C(=O)NC2CCCCC2)S(=O)(=O)c2ccc(C)cc2)c1. The van der Waals surface area contributed by atoms with Crippen molar-refractivity contribution in [1.29, 1.82) is 0 Å². The number of hydrogen-bond donors (Lipinski definition) is 1. The van der Waals surface area contributed by atoms with Gasteiger partial charge in [0.15, 0.2) is 0 Å². The van der Waals surface area contributed by atoms with Crippen molar-refractivity contribution in [3.8, 4) is 5.75 Å². The molecule has 3 aromatic carbocycles. The van der Waals surface area contributed by atoms with E-state index in [9.17, 15) is 18.0 Å². The summed E-state index contributed by atoms with van der Waals surface area (Å²) in [7, 11) is -2.64. The van der Waals surface area contributed by atoms with Crippen LogP contribution in [0.25, 0.3) is 0 Å². The fraction of sp³-hybridized carbons (Fsp3) is 0.394. The first-order chi connectivity index (χ1) is 20.1. The predicted molar refractivity (Wildman–Crippen MR) is 165 cm³/mol. The van der Waals surface area contributed by atoms with Crippen molar-refractivity contribution in [2.45, 2.75) is 76.4 Å². The molecule has 1 unspecified atom stereocenters. The number of nitrogens with one attached hydrogen (secondary N) is 1. The normalized spacial score (nSPS) is 14.6. The largest absolute Gasteiger partial charge is 0.497 e. The van der Waals surface area contributed by atoms with Crippen LogP contribution in [-0.2, 0) is 26.2 Å². The van der Waals surface area contributed by atoms with Gasteiger partial charge in [0.2, 0.25) is 11.8 Å². The van der Waals surface area contributed by atoms with Crippen molar-refractivity contribution in [2.75, 3.05) is 18.0 Å². The number of aryl methyl sites for hydroxylation is 2. The van der Waals surface area contributed by atoms with Crippen molar-refractivity contribution >= 4 is 27.5 Å². The highest BCUT2D eigenvalue weighted by Crippen LogP contribution is 2.28. The molecular formula is C33H41N3O5S.